The summed E-state index contributed by atoms with van der Waals surface area (Å²) in [6.45, 7) is 10.1. The normalized spacial score (nSPS) is 21.2. The van der Waals surface area contributed by atoms with Crippen LogP contribution in [-0.2, 0) is 14.4 Å². The molecule has 1 aromatic carbocycles. The highest BCUT2D eigenvalue weighted by molar-refractivity contribution is 6.23. The molecule has 0 aromatic heterocycles. The zero-order chi connectivity index (χ0) is 21.3. The molecule has 2 fully saturated rings. The van der Waals surface area contributed by atoms with Gasteiger partial charge in [-0.2, -0.15) is 0 Å². The second-order valence-corrected chi connectivity index (χ2v) is 9.75. The third-order valence-corrected chi connectivity index (χ3v) is 6.17. The Morgan fingerprint density at radius 3 is 2.14 bits per heavy atom. The number of amides is 3. The molecule has 2 aliphatic rings. The fourth-order valence-electron chi connectivity index (χ4n) is 4.60. The Balaban J connectivity index is 1.87. The van der Waals surface area contributed by atoms with E-state index in [-0.39, 0.29) is 30.1 Å². The molecule has 1 saturated carbocycles. The van der Waals surface area contributed by atoms with E-state index < -0.39 is 11.6 Å². The Bertz CT molecular complexity index is 770. The van der Waals surface area contributed by atoms with Gasteiger partial charge in [0.05, 0.1) is 12.1 Å². The topological polar surface area (TPSA) is 57.7 Å². The highest BCUT2D eigenvalue weighted by atomic mass is 16.2. The maximum absolute atomic E-state index is 13.4. The molecule has 1 aromatic rings. The van der Waals surface area contributed by atoms with Gasteiger partial charge in [-0.05, 0) is 57.2 Å². The third-order valence-electron chi connectivity index (χ3n) is 6.17. The second-order valence-electron chi connectivity index (χ2n) is 9.75. The van der Waals surface area contributed by atoms with E-state index in [1.54, 1.807) is 4.90 Å². The van der Waals surface area contributed by atoms with Crippen molar-refractivity contribution in [2.24, 2.45) is 5.92 Å². The van der Waals surface area contributed by atoms with Gasteiger partial charge in [-0.15, -0.1) is 0 Å². The molecule has 1 aliphatic heterocycles. The Kier molecular flexibility index (Phi) is 6.16. The van der Waals surface area contributed by atoms with Crippen molar-refractivity contribution in [3.05, 3.63) is 29.8 Å². The Morgan fingerprint density at radius 1 is 1.03 bits per heavy atom. The van der Waals surface area contributed by atoms with Crippen LogP contribution in [0.1, 0.15) is 84.6 Å². The van der Waals surface area contributed by atoms with Crippen LogP contribution in [0.3, 0.4) is 0 Å². The Labute approximate surface area is 174 Å². The van der Waals surface area contributed by atoms with Gasteiger partial charge in [0.2, 0.25) is 11.8 Å². The van der Waals surface area contributed by atoms with Crippen molar-refractivity contribution in [2.45, 2.75) is 90.6 Å². The summed E-state index contributed by atoms with van der Waals surface area (Å²) >= 11 is 0. The first-order valence-electron chi connectivity index (χ1n) is 10.9. The summed E-state index contributed by atoms with van der Waals surface area (Å²) in [7, 11) is 0. The van der Waals surface area contributed by atoms with Gasteiger partial charge in [0.25, 0.3) is 5.91 Å². The minimum Gasteiger partial charge on any atom is -0.325 e. The van der Waals surface area contributed by atoms with Gasteiger partial charge in [-0.3, -0.25) is 14.4 Å². The van der Waals surface area contributed by atoms with Gasteiger partial charge in [0.15, 0.2) is 0 Å². The van der Waals surface area contributed by atoms with Crippen LogP contribution >= 0.6 is 0 Å². The van der Waals surface area contributed by atoms with E-state index in [0.29, 0.717) is 11.6 Å². The molecule has 1 heterocycles. The minimum absolute atomic E-state index is 0.0281. The number of hydrogen-bond donors (Lipinski definition) is 0. The van der Waals surface area contributed by atoms with Crippen LogP contribution in [0, 0.1) is 5.92 Å². The van der Waals surface area contributed by atoms with E-state index in [0.717, 1.165) is 31.2 Å². The summed E-state index contributed by atoms with van der Waals surface area (Å²) in [5, 5.41) is 0. The molecule has 29 heavy (non-hydrogen) atoms. The lowest BCUT2D eigenvalue weighted by Gasteiger charge is -2.41. The Morgan fingerprint density at radius 2 is 1.62 bits per heavy atom. The quantitative estimate of drug-likeness (QED) is 0.694. The number of rotatable bonds is 4. The summed E-state index contributed by atoms with van der Waals surface area (Å²) in [4.78, 5) is 42.5. The van der Waals surface area contributed by atoms with E-state index in [2.05, 4.69) is 13.8 Å². The molecule has 5 nitrogen and oxygen atoms in total. The first-order chi connectivity index (χ1) is 13.6. The van der Waals surface area contributed by atoms with Crippen molar-refractivity contribution >= 4 is 23.4 Å². The van der Waals surface area contributed by atoms with Crippen LogP contribution in [0.15, 0.2) is 24.3 Å². The van der Waals surface area contributed by atoms with Gasteiger partial charge >= 0.3 is 0 Å². The highest BCUT2D eigenvalue weighted by Crippen LogP contribution is 2.34. The third kappa shape index (κ3) is 4.39. The molecule has 5 heteroatoms. The average molecular weight is 399 g/mol. The molecule has 0 bridgehead atoms. The van der Waals surface area contributed by atoms with Crippen molar-refractivity contribution in [2.75, 3.05) is 4.90 Å². The van der Waals surface area contributed by atoms with Gasteiger partial charge in [0.1, 0.15) is 6.04 Å². The summed E-state index contributed by atoms with van der Waals surface area (Å²) in [5.74, 6) is -0.147. The Hall–Kier alpha value is -2.17. The average Bonchev–Trinajstić information content (AvgIpc) is 2.95. The highest BCUT2D eigenvalue weighted by Gasteiger charge is 2.48. The van der Waals surface area contributed by atoms with E-state index in [1.807, 2.05) is 45.0 Å². The first kappa shape index (κ1) is 21.5. The van der Waals surface area contributed by atoms with Crippen molar-refractivity contribution in [1.29, 1.82) is 0 Å². The van der Waals surface area contributed by atoms with Crippen LogP contribution in [-0.4, -0.2) is 34.2 Å². The molecule has 0 N–H and O–H groups in total. The SMILES string of the molecule is CC(C)c1ccc(N2C(=O)CC(N(C(=O)C3CCCCC3)C(C)(C)C)C2=O)cc1. The smallest absolute Gasteiger partial charge is 0.257 e. The van der Waals surface area contributed by atoms with Crippen LogP contribution in [0.2, 0.25) is 0 Å². The molecule has 0 spiro atoms. The van der Waals surface area contributed by atoms with Crippen LogP contribution in [0.25, 0.3) is 0 Å². The van der Waals surface area contributed by atoms with Crippen molar-refractivity contribution in [1.82, 2.24) is 4.90 Å². The number of anilines is 1. The van der Waals surface area contributed by atoms with Crippen LogP contribution < -0.4 is 4.90 Å². The van der Waals surface area contributed by atoms with Crippen molar-refractivity contribution in [3.63, 3.8) is 0 Å². The lowest BCUT2D eigenvalue weighted by molar-refractivity contribution is -0.148. The fourth-order valence-corrected chi connectivity index (χ4v) is 4.60. The molecule has 1 atom stereocenters. The number of benzene rings is 1. The van der Waals surface area contributed by atoms with Gasteiger partial charge < -0.3 is 4.90 Å². The van der Waals surface area contributed by atoms with Gasteiger partial charge in [-0.25, -0.2) is 4.90 Å². The lowest BCUT2D eigenvalue weighted by atomic mass is 9.86. The zero-order valence-corrected chi connectivity index (χ0v) is 18.4. The molecular weight excluding hydrogens is 364 g/mol. The molecule has 1 aliphatic carbocycles. The summed E-state index contributed by atoms with van der Waals surface area (Å²) in [6.07, 6.45) is 5.09. The summed E-state index contributed by atoms with van der Waals surface area (Å²) in [6, 6.07) is 6.86. The predicted molar refractivity (Wildman–Crippen MR) is 115 cm³/mol. The number of hydrogen-bond acceptors (Lipinski definition) is 3. The zero-order valence-electron chi connectivity index (χ0n) is 18.4. The maximum atomic E-state index is 13.4. The molecule has 158 valence electrons. The lowest BCUT2D eigenvalue weighted by Crippen LogP contribution is -2.56. The standard InChI is InChI=1S/C24H34N2O3/c1-16(2)17-11-13-19(14-12-17)25-21(27)15-20(23(25)29)26(24(3,4)5)22(28)18-9-7-6-8-10-18/h11-14,16,18,20H,6-10,15H2,1-5H3. The monoisotopic (exact) mass is 398 g/mol. The number of nitrogens with zero attached hydrogens (tertiary/aromatic N) is 2. The molecule has 1 unspecified atom stereocenters. The van der Waals surface area contributed by atoms with Crippen molar-refractivity contribution < 1.29 is 14.4 Å². The van der Waals surface area contributed by atoms with Gasteiger partial charge in [-0.1, -0.05) is 45.2 Å². The number of imide groups is 1. The van der Waals surface area contributed by atoms with E-state index in [4.69, 9.17) is 0 Å². The minimum atomic E-state index is -0.721. The first-order valence-corrected chi connectivity index (χ1v) is 10.9. The number of carbonyl (C=O) groups is 3. The molecule has 3 rings (SSSR count). The van der Waals surface area contributed by atoms with E-state index >= 15 is 0 Å². The molecule has 1 saturated heterocycles. The molecular formula is C24H34N2O3. The number of carbonyl (C=O) groups excluding carboxylic acids is 3. The van der Waals surface area contributed by atoms with Crippen LogP contribution in [0.4, 0.5) is 5.69 Å². The van der Waals surface area contributed by atoms with Crippen LogP contribution in [0.5, 0.6) is 0 Å². The molecule has 0 radical (unpaired) electrons. The second kappa shape index (κ2) is 8.29. The molecule has 3 amide bonds. The maximum Gasteiger partial charge on any atom is 0.257 e. The van der Waals surface area contributed by atoms with Crippen molar-refractivity contribution in [3.8, 4) is 0 Å². The predicted octanol–water partition coefficient (Wildman–Crippen LogP) is 4.65. The van der Waals surface area contributed by atoms with E-state index in [1.165, 1.54) is 11.3 Å². The fraction of sp³-hybridized carbons (Fsp3) is 0.625. The largest absolute Gasteiger partial charge is 0.325 e. The summed E-state index contributed by atoms with van der Waals surface area (Å²) in [5.41, 5.74) is 1.23. The van der Waals surface area contributed by atoms with E-state index in [9.17, 15) is 14.4 Å². The van der Waals surface area contributed by atoms with Gasteiger partial charge in [0, 0.05) is 11.5 Å². The summed E-state index contributed by atoms with van der Waals surface area (Å²) < 4.78 is 0.